The zero-order valence-electron chi connectivity index (χ0n) is 7.30. The average molecular weight is 229 g/mol. The number of hydrogen-bond donors (Lipinski definition) is 0. The molecule has 0 saturated carbocycles. The molecule has 0 spiro atoms. The Hall–Kier alpha value is -0.930. The van der Waals surface area contributed by atoms with E-state index in [1.807, 2.05) is 0 Å². The number of aryl methyl sites for hydroxylation is 1. The first kappa shape index (κ1) is 9.62. The van der Waals surface area contributed by atoms with Crippen molar-refractivity contribution >= 4 is 39.3 Å². The van der Waals surface area contributed by atoms with Crippen molar-refractivity contribution in [3.05, 3.63) is 33.4 Å². The lowest BCUT2D eigenvalue weighted by atomic mass is 10.1. The number of hydrogen-bond acceptors (Lipinski definition) is 2. The molecule has 0 unspecified atom stereocenters. The molecular formula is C10H6ClFOS. The summed E-state index contributed by atoms with van der Waals surface area (Å²) in [6.45, 7) is 1.65. The molecule has 1 heterocycles. The Balaban J connectivity index is 2.97. The first-order valence-corrected chi connectivity index (χ1v) is 5.17. The summed E-state index contributed by atoms with van der Waals surface area (Å²) >= 11 is 7.15. The van der Waals surface area contributed by atoms with E-state index >= 15 is 0 Å². The van der Waals surface area contributed by atoms with Gasteiger partial charge in [-0.2, -0.15) is 0 Å². The second-order valence-electron chi connectivity index (χ2n) is 2.95. The minimum absolute atomic E-state index is 0.310. The predicted octanol–water partition coefficient (Wildman–Crippen LogP) is 3.81. The standard InChI is InChI=1S/C10H6ClFOS/c1-5-7(12)2-3-8-9(5)6(4-13)10(11)14-8/h2-4H,1H3. The van der Waals surface area contributed by atoms with Gasteiger partial charge in [0.1, 0.15) is 10.2 Å². The van der Waals surface area contributed by atoms with Crippen LogP contribution in [0.3, 0.4) is 0 Å². The molecule has 0 bridgehead atoms. The molecule has 1 aromatic heterocycles. The van der Waals surface area contributed by atoms with E-state index in [1.165, 1.54) is 17.4 Å². The van der Waals surface area contributed by atoms with Crippen molar-refractivity contribution < 1.29 is 9.18 Å². The van der Waals surface area contributed by atoms with Gasteiger partial charge >= 0.3 is 0 Å². The Bertz CT molecular complexity index is 518. The van der Waals surface area contributed by atoms with Gasteiger partial charge in [-0.3, -0.25) is 4.79 Å². The zero-order chi connectivity index (χ0) is 10.3. The third-order valence-electron chi connectivity index (χ3n) is 2.16. The Labute approximate surface area is 89.1 Å². The number of rotatable bonds is 1. The molecule has 0 N–H and O–H groups in total. The third-order valence-corrected chi connectivity index (χ3v) is 3.55. The highest BCUT2D eigenvalue weighted by molar-refractivity contribution is 7.23. The number of fused-ring (bicyclic) bond motifs is 1. The van der Waals surface area contributed by atoms with Gasteiger partial charge in [-0.05, 0) is 24.6 Å². The molecule has 1 nitrogen and oxygen atoms in total. The third kappa shape index (κ3) is 1.24. The molecule has 0 fully saturated rings. The molecule has 0 atom stereocenters. The largest absolute Gasteiger partial charge is 0.298 e. The molecule has 14 heavy (non-hydrogen) atoms. The van der Waals surface area contributed by atoms with Gasteiger partial charge in [0.15, 0.2) is 6.29 Å². The molecule has 1 aromatic carbocycles. The van der Waals surface area contributed by atoms with E-state index in [2.05, 4.69) is 0 Å². The molecule has 0 aliphatic heterocycles. The molecule has 0 aliphatic carbocycles. The summed E-state index contributed by atoms with van der Waals surface area (Å²) in [7, 11) is 0. The maximum absolute atomic E-state index is 13.2. The average Bonchev–Trinajstić information content (AvgIpc) is 2.48. The van der Waals surface area contributed by atoms with Crippen LogP contribution in [-0.2, 0) is 0 Å². The van der Waals surface area contributed by atoms with Gasteiger partial charge in [-0.25, -0.2) is 4.39 Å². The normalized spacial score (nSPS) is 10.8. The van der Waals surface area contributed by atoms with Crippen molar-refractivity contribution in [2.45, 2.75) is 6.92 Å². The molecule has 0 saturated heterocycles. The first-order valence-electron chi connectivity index (χ1n) is 3.97. The van der Waals surface area contributed by atoms with Gasteiger partial charge in [0, 0.05) is 10.1 Å². The van der Waals surface area contributed by atoms with Gasteiger partial charge in [-0.15, -0.1) is 11.3 Å². The van der Waals surface area contributed by atoms with Crippen LogP contribution < -0.4 is 0 Å². The number of thiophene rings is 1. The van der Waals surface area contributed by atoms with Crippen LogP contribution in [0.5, 0.6) is 0 Å². The number of aldehydes is 1. The van der Waals surface area contributed by atoms with Gasteiger partial charge < -0.3 is 0 Å². The van der Waals surface area contributed by atoms with E-state index in [0.29, 0.717) is 27.1 Å². The van der Waals surface area contributed by atoms with Crippen LogP contribution in [0, 0.1) is 12.7 Å². The van der Waals surface area contributed by atoms with Gasteiger partial charge in [-0.1, -0.05) is 11.6 Å². The second kappa shape index (κ2) is 3.33. The van der Waals surface area contributed by atoms with Crippen LogP contribution in [0.15, 0.2) is 12.1 Å². The Morgan fingerprint density at radius 2 is 2.21 bits per heavy atom. The van der Waals surface area contributed by atoms with Crippen molar-refractivity contribution in [2.75, 3.05) is 0 Å². The zero-order valence-corrected chi connectivity index (χ0v) is 8.88. The van der Waals surface area contributed by atoms with Crippen molar-refractivity contribution in [1.29, 1.82) is 0 Å². The van der Waals surface area contributed by atoms with E-state index < -0.39 is 0 Å². The van der Waals surface area contributed by atoms with Crippen LogP contribution >= 0.6 is 22.9 Å². The summed E-state index contributed by atoms with van der Waals surface area (Å²) in [6.07, 6.45) is 0.674. The highest BCUT2D eigenvalue weighted by Crippen LogP contribution is 2.36. The quantitative estimate of drug-likeness (QED) is 0.679. The van der Waals surface area contributed by atoms with E-state index in [1.54, 1.807) is 13.0 Å². The Morgan fingerprint density at radius 3 is 2.86 bits per heavy atom. The number of carbonyl (C=O) groups excluding carboxylic acids is 1. The van der Waals surface area contributed by atoms with Gasteiger partial charge in [0.25, 0.3) is 0 Å². The van der Waals surface area contributed by atoms with E-state index in [-0.39, 0.29) is 5.82 Å². The molecule has 72 valence electrons. The van der Waals surface area contributed by atoms with Crippen LogP contribution in [-0.4, -0.2) is 6.29 Å². The number of halogens is 2. The second-order valence-corrected chi connectivity index (χ2v) is 4.61. The fourth-order valence-corrected chi connectivity index (χ4v) is 2.78. The maximum atomic E-state index is 13.2. The minimum atomic E-state index is -0.310. The molecule has 2 aromatic rings. The van der Waals surface area contributed by atoms with Gasteiger partial charge in [0.05, 0.1) is 5.56 Å². The summed E-state index contributed by atoms with van der Waals surface area (Å²) in [5.74, 6) is -0.310. The van der Waals surface area contributed by atoms with E-state index in [0.717, 1.165) is 4.70 Å². The summed E-state index contributed by atoms with van der Waals surface area (Å²) in [5, 5.41) is 0.634. The van der Waals surface area contributed by atoms with Crippen LogP contribution in [0.1, 0.15) is 15.9 Å². The van der Waals surface area contributed by atoms with Crippen LogP contribution in [0.25, 0.3) is 10.1 Å². The topological polar surface area (TPSA) is 17.1 Å². The monoisotopic (exact) mass is 228 g/mol. The molecule has 0 aliphatic rings. The SMILES string of the molecule is Cc1c(F)ccc2sc(Cl)c(C=O)c12. The van der Waals surface area contributed by atoms with Crippen LogP contribution in [0.2, 0.25) is 4.34 Å². The van der Waals surface area contributed by atoms with Gasteiger partial charge in [0.2, 0.25) is 0 Å². The van der Waals surface area contributed by atoms with Crippen molar-refractivity contribution in [3.63, 3.8) is 0 Å². The molecule has 0 amide bonds. The van der Waals surface area contributed by atoms with Crippen LogP contribution in [0.4, 0.5) is 4.39 Å². The summed E-state index contributed by atoms with van der Waals surface area (Å²) < 4.78 is 14.5. The highest BCUT2D eigenvalue weighted by atomic mass is 35.5. The Kier molecular flexibility index (Phi) is 2.29. The number of carbonyl (C=O) groups is 1. The summed E-state index contributed by atoms with van der Waals surface area (Å²) in [6, 6.07) is 3.03. The van der Waals surface area contributed by atoms with E-state index in [9.17, 15) is 9.18 Å². The minimum Gasteiger partial charge on any atom is -0.298 e. The van der Waals surface area contributed by atoms with Crippen molar-refractivity contribution in [1.82, 2.24) is 0 Å². The summed E-state index contributed by atoms with van der Waals surface area (Å²) in [5.41, 5.74) is 0.872. The van der Waals surface area contributed by atoms with Crippen molar-refractivity contribution in [2.24, 2.45) is 0 Å². The lowest BCUT2D eigenvalue weighted by Gasteiger charge is -1.98. The fourth-order valence-electron chi connectivity index (χ4n) is 1.44. The predicted molar refractivity (Wildman–Crippen MR) is 56.9 cm³/mol. The molecule has 2 rings (SSSR count). The maximum Gasteiger partial charge on any atom is 0.153 e. The lowest BCUT2D eigenvalue weighted by molar-refractivity contribution is 0.112. The van der Waals surface area contributed by atoms with Crippen molar-refractivity contribution in [3.8, 4) is 0 Å². The lowest BCUT2D eigenvalue weighted by Crippen LogP contribution is -1.85. The highest BCUT2D eigenvalue weighted by Gasteiger charge is 2.13. The smallest absolute Gasteiger partial charge is 0.153 e. The number of benzene rings is 1. The Morgan fingerprint density at radius 1 is 1.50 bits per heavy atom. The molecular weight excluding hydrogens is 223 g/mol. The fraction of sp³-hybridized carbons (Fsp3) is 0.100. The van der Waals surface area contributed by atoms with E-state index in [4.69, 9.17) is 11.6 Å². The molecule has 4 heteroatoms. The first-order chi connectivity index (χ1) is 6.65. The summed E-state index contributed by atoms with van der Waals surface area (Å²) in [4.78, 5) is 10.8. The molecule has 0 radical (unpaired) electrons.